The van der Waals surface area contributed by atoms with Crippen LogP contribution in [0, 0.1) is 17.2 Å². The number of nitrogens with zero attached hydrogens (tertiary/aromatic N) is 2. The van der Waals surface area contributed by atoms with Gasteiger partial charge in [-0.3, -0.25) is 4.98 Å². The Morgan fingerprint density at radius 3 is 2.75 bits per heavy atom. The number of nitrogens with one attached hydrogen (secondary N) is 1. The lowest BCUT2D eigenvalue weighted by Crippen LogP contribution is -2.37. The molecule has 1 aromatic heterocycles. The lowest BCUT2D eigenvalue weighted by Gasteiger charge is -2.19. The highest BCUT2D eigenvalue weighted by Gasteiger charge is 2.20. The smallest absolute Gasteiger partial charge is 0.156 e. The molecule has 0 aliphatic carbocycles. The summed E-state index contributed by atoms with van der Waals surface area (Å²) in [6.45, 7) is 4.24. The van der Waals surface area contributed by atoms with Crippen molar-refractivity contribution < 1.29 is 8.42 Å². The number of benzene rings is 1. The standard InChI is InChI=1S/C18H23N3O2S/c1-14(2)9-17(20-8-7-19)13-24(22,23)12-15-10-16-5-3-4-6-18(16)21-11-15/h3-6,10-11,14,17,20H,8-9,12-13H2,1-2H3. The fourth-order valence-electron chi connectivity index (χ4n) is 2.78. The largest absolute Gasteiger partial charge is 0.301 e. The van der Waals surface area contributed by atoms with Gasteiger partial charge in [0.05, 0.1) is 29.6 Å². The van der Waals surface area contributed by atoms with Crippen molar-refractivity contribution in [2.75, 3.05) is 12.3 Å². The first-order chi connectivity index (χ1) is 11.4. The summed E-state index contributed by atoms with van der Waals surface area (Å²) in [6.07, 6.45) is 2.34. The fraction of sp³-hybridized carbons (Fsp3) is 0.444. The number of hydrogen-bond acceptors (Lipinski definition) is 5. The van der Waals surface area contributed by atoms with E-state index in [1.165, 1.54) is 0 Å². The predicted molar refractivity (Wildman–Crippen MR) is 96.1 cm³/mol. The molecule has 1 atom stereocenters. The van der Waals surface area contributed by atoms with Crippen molar-refractivity contribution in [2.45, 2.75) is 32.1 Å². The lowest BCUT2D eigenvalue weighted by molar-refractivity contribution is 0.456. The molecule has 0 amide bonds. The molecule has 2 aromatic rings. The molecule has 0 spiro atoms. The van der Waals surface area contributed by atoms with Gasteiger partial charge in [0.1, 0.15) is 0 Å². The first-order valence-corrected chi connectivity index (χ1v) is 9.86. The third-order valence-corrected chi connectivity index (χ3v) is 5.40. The molecular formula is C18H23N3O2S. The number of aromatic nitrogens is 1. The van der Waals surface area contributed by atoms with E-state index in [9.17, 15) is 8.42 Å². The van der Waals surface area contributed by atoms with E-state index in [1.807, 2.05) is 50.2 Å². The molecule has 5 nitrogen and oxygen atoms in total. The fourth-order valence-corrected chi connectivity index (χ4v) is 4.43. The van der Waals surface area contributed by atoms with Gasteiger partial charge in [0.15, 0.2) is 9.84 Å². The van der Waals surface area contributed by atoms with E-state index in [2.05, 4.69) is 10.3 Å². The van der Waals surface area contributed by atoms with E-state index in [0.717, 1.165) is 17.3 Å². The molecule has 24 heavy (non-hydrogen) atoms. The Morgan fingerprint density at radius 2 is 2.04 bits per heavy atom. The number of nitriles is 1. The average Bonchev–Trinajstić information content (AvgIpc) is 2.51. The van der Waals surface area contributed by atoms with Crippen LogP contribution < -0.4 is 5.32 Å². The molecule has 0 bridgehead atoms. The molecule has 1 heterocycles. The van der Waals surface area contributed by atoms with Crippen molar-refractivity contribution >= 4 is 20.7 Å². The van der Waals surface area contributed by atoms with E-state index in [-0.39, 0.29) is 24.1 Å². The summed E-state index contributed by atoms with van der Waals surface area (Å²) in [5.74, 6) is 0.353. The zero-order valence-electron chi connectivity index (χ0n) is 14.1. The van der Waals surface area contributed by atoms with E-state index >= 15 is 0 Å². The van der Waals surface area contributed by atoms with Crippen LogP contribution in [0.3, 0.4) is 0 Å². The summed E-state index contributed by atoms with van der Waals surface area (Å²) in [7, 11) is -3.29. The third-order valence-electron chi connectivity index (χ3n) is 3.71. The molecule has 1 aromatic carbocycles. The van der Waals surface area contributed by atoms with Crippen LogP contribution >= 0.6 is 0 Å². The highest BCUT2D eigenvalue weighted by atomic mass is 32.2. The Labute approximate surface area is 143 Å². The zero-order chi connectivity index (χ0) is 17.6. The van der Waals surface area contributed by atoms with Gasteiger partial charge >= 0.3 is 0 Å². The maximum Gasteiger partial charge on any atom is 0.156 e. The number of rotatable bonds is 8. The van der Waals surface area contributed by atoms with E-state index < -0.39 is 9.84 Å². The summed E-state index contributed by atoms with van der Waals surface area (Å²) >= 11 is 0. The Bertz CT molecular complexity index is 826. The number of hydrogen-bond donors (Lipinski definition) is 1. The van der Waals surface area contributed by atoms with Crippen LogP contribution in [0.25, 0.3) is 10.9 Å². The molecule has 6 heteroatoms. The Kier molecular flexibility index (Phi) is 6.29. The second-order valence-corrected chi connectivity index (χ2v) is 8.57. The number of fused-ring (bicyclic) bond motifs is 1. The number of para-hydroxylation sites is 1. The maximum absolute atomic E-state index is 12.5. The van der Waals surface area contributed by atoms with Gasteiger partial charge in [-0.25, -0.2) is 8.42 Å². The minimum absolute atomic E-state index is 0.0275. The summed E-state index contributed by atoms with van der Waals surface area (Å²) in [5, 5.41) is 12.7. The summed E-state index contributed by atoms with van der Waals surface area (Å²) in [4.78, 5) is 4.32. The number of pyridine rings is 1. The lowest BCUT2D eigenvalue weighted by atomic mass is 10.1. The molecule has 0 saturated carbocycles. The van der Waals surface area contributed by atoms with Crippen LogP contribution in [0.4, 0.5) is 0 Å². The van der Waals surface area contributed by atoms with Crippen LogP contribution in [0.1, 0.15) is 25.8 Å². The molecule has 0 saturated heterocycles. The van der Waals surface area contributed by atoms with Gasteiger partial charge in [-0.1, -0.05) is 32.0 Å². The van der Waals surface area contributed by atoms with Crippen LogP contribution in [-0.2, 0) is 15.6 Å². The van der Waals surface area contributed by atoms with Crippen molar-refractivity contribution in [1.29, 1.82) is 5.26 Å². The summed E-state index contributed by atoms with van der Waals surface area (Å²) in [6, 6.07) is 11.3. The van der Waals surface area contributed by atoms with Crippen molar-refractivity contribution in [3.63, 3.8) is 0 Å². The molecule has 0 radical (unpaired) electrons. The van der Waals surface area contributed by atoms with Gasteiger partial charge in [0.2, 0.25) is 0 Å². The Balaban J connectivity index is 2.11. The number of sulfone groups is 1. The quantitative estimate of drug-likeness (QED) is 0.744. The van der Waals surface area contributed by atoms with Gasteiger partial charge < -0.3 is 5.32 Å². The van der Waals surface area contributed by atoms with Gasteiger partial charge in [-0.2, -0.15) is 5.26 Å². The van der Waals surface area contributed by atoms with Crippen molar-refractivity contribution in [3.05, 3.63) is 42.1 Å². The Morgan fingerprint density at radius 1 is 1.29 bits per heavy atom. The van der Waals surface area contributed by atoms with Gasteiger partial charge in [-0.05, 0) is 30.0 Å². The normalized spacial score (nSPS) is 13.1. The monoisotopic (exact) mass is 345 g/mol. The first kappa shape index (κ1) is 18.4. The SMILES string of the molecule is CC(C)CC(CS(=O)(=O)Cc1cnc2ccccc2c1)NCC#N. The van der Waals surface area contributed by atoms with Crippen LogP contribution in [0.15, 0.2) is 36.5 Å². The predicted octanol–water partition coefficient (Wildman–Crippen LogP) is 2.68. The first-order valence-electron chi connectivity index (χ1n) is 8.04. The van der Waals surface area contributed by atoms with E-state index in [4.69, 9.17) is 5.26 Å². The van der Waals surface area contributed by atoms with Crippen LogP contribution in [-0.4, -0.2) is 31.7 Å². The average molecular weight is 345 g/mol. The van der Waals surface area contributed by atoms with Crippen molar-refractivity contribution in [3.8, 4) is 6.07 Å². The van der Waals surface area contributed by atoms with Gasteiger partial charge in [0.25, 0.3) is 0 Å². The van der Waals surface area contributed by atoms with Crippen molar-refractivity contribution in [1.82, 2.24) is 10.3 Å². The minimum atomic E-state index is -3.29. The van der Waals surface area contributed by atoms with E-state index in [1.54, 1.807) is 6.20 Å². The van der Waals surface area contributed by atoms with Gasteiger partial charge in [0, 0.05) is 17.6 Å². The van der Waals surface area contributed by atoms with Crippen LogP contribution in [0.5, 0.6) is 0 Å². The Hall–Kier alpha value is -1.97. The second-order valence-electron chi connectivity index (χ2n) is 6.46. The molecule has 2 rings (SSSR count). The minimum Gasteiger partial charge on any atom is -0.301 e. The molecule has 128 valence electrons. The van der Waals surface area contributed by atoms with Gasteiger partial charge in [-0.15, -0.1) is 0 Å². The summed E-state index contributed by atoms with van der Waals surface area (Å²) < 4.78 is 25.1. The van der Waals surface area contributed by atoms with Crippen molar-refractivity contribution in [2.24, 2.45) is 5.92 Å². The highest BCUT2D eigenvalue weighted by molar-refractivity contribution is 7.90. The molecule has 1 unspecified atom stereocenters. The molecule has 1 N–H and O–H groups in total. The van der Waals surface area contributed by atoms with E-state index in [0.29, 0.717) is 11.5 Å². The molecule has 0 fully saturated rings. The molecule has 0 aliphatic rings. The molecular weight excluding hydrogens is 322 g/mol. The highest BCUT2D eigenvalue weighted by Crippen LogP contribution is 2.16. The molecule has 0 aliphatic heterocycles. The summed E-state index contributed by atoms with van der Waals surface area (Å²) in [5.41, 5.74) is 1.55. The van der Waals surface area contributed by atoms with Crippen LogP contribution in [0.2, 0.25) is 0 Å². The maximum atomic E-state index is 12.5. The third kappa shape index (κ3) is 5.59. The zero-order valence-corrected chi connectivity index (χ0v) is 14.9. The topological polar surface area (TPSA) is 82.8 Å². The second kappa shape index (κ2) is 8.22.